The summed E-state index contributed by atoms with van der Waals surface area (Å²) in [6.45, 7) is 2.80. The van der Waals surface area contributed by atoms with Crippen LogP contribution in [0.15, 0.2) is 33.2 Å². The van der Waals surface area contributed by atoms with Crippen LogP contribution in [0, 0.1) is 0 Å². The van der Waals surface area contributed by atoms with Crippen molar-refractivity contribution in [1.82, 2.24) is 13.5 Å². The topological polar surface area (TPSA) is 83.3 Å². The van der Waals surface area contributed by atoms with Crippen molar-refractivity contribution in [1.29, 1.82) is 0 Å². The zero-order valence-electron chi connectivity index (χ0n) is 14.6. The van der Waals surface area contributed by atoms with Crippen LogP contribution in [0.5, 0.6) is 0 Å². The molecule has 2 aromatic rings. The molecule has 2 aliphatic heterocycles. The summed E-state index contributed by atoms with van der Waals surface area (Å²) in [6, 6.07) is 7.28. The Labute approximate surface area is 165 Å². The van der Waals surface area contributed by atoms with E-state index in [1.165, 1.54) is 8.61 Å². The summed E-state index contributed by atoms with van der Waals surface area (Å²) in [6.07, 6.45) is 0. The molecule has 10 heteroatoms. The Balaban J connectivity index is 1.42. The molecule has 1 amide bonds. The van der Waals surface area contributed by atoms with E-state index in [0.717, 1.165) is 9.86 Å². The third-order valence-corrected chi connectivity index (χ3v) is 7.37. The maximum atomic E-state index is 12.7. The maximum absolute atomic E-state index is 12.7. The smallest absolute Gasteiger partial charge is 0.289 e. The van der Waals surface area contributed by atoms with Gasteiger partial charge in [-0.1, -0.05) is 15.9 Å². The number of carbonyl (C=O) groups excluding carboxylic acids is 1. The maximum Gasteiger partial charge on any atom is 0.289 e. The predicted molar refractivity (Wildman–Crippen MR) is 103 cm³/mol. The lowest BCUT2D eigenvalue weighted by molar-refractivity contribution is 0.0620. The van der Waals surface area contributed by atoms with Gasteiger partial charge in [-0.25, -0.2) is 0 Å². The summed E-state index contributed by atoms with van der Waals surface area (Å²) in [5, 5.41) is 0.848. The number of halogens is 1. The van der Waals surface area contributed by atoms with Gasteiger partial charge in [-0.2, -0.15) is 17.0 Å². The number of rotatable bonds is 3. The quantitative estimate of drug-likeness (QED) is 0.697. The molecular formula is C17H20BrN3O5S. The molecule has 4 rings (SSSR count). The molecule has 1 aromatic carbocycles. The van der Waals surface area contributed by atoms with Gasteiger partial charge in [0.15, 0.2) is 5.76 Å². The number of amides is 1. The van der Waals surface area contributed by atoms with E-state index in [1.54, 1.807) is 11.0 Å². The van der Waals surface area contributed by atoms with Crippen LogP contribution in [-0.2, 0) is 14.9 Å². The minimum atomic E-state index is -3.50. The van der Waals surface area contributed by atoms with Crippen molar-refractivity contribution >= 4 is 43.0 Å². The number of morpholine rings is 1. The van der Waals surface area contributed by atoms with Crippen molar-refractivity contribution in [2.24, 2.45) is 0 Å². The lowest BCUT2D eigenvalue weighted by atomic mass is 10.2. The first kappa shape index (κ1) is 18.9. The molecule has 2 fully saturated rings. The third kappa shape index (κ3) is 3.77. The Morgan fingerprint density at radius 2 is 1.63 bits per heavy atom. The highest BCUT2D eigenvalue weighted by atomic mass is 79.9. The summed E-state index contributed by atoms with van der Waals surface area (Å²) < 4.78 is 40.1. The van der Waals surface area contributed by atoms with Gasteiger partial charge >= 0.3 is 0 Å². The standard InChI is InChI=1S/C17H20BrN3O5S/c18-14-1-2-15-13(11-14)12-16(26-15)17(22)19-3-5-20(6-4-19)27(23,24)21-7-9-25-10-8-21/h1-2,11-12H,3-10H2. The molecule has 0 aliphatic carbocycles. The molecule has 8 nitrogen and oxygen atoms in total. The summed E-state index contributed by atoms with van der Waals surface area (Å²) in [5.41, 5.74) is 0.648. The van der Waals surface area contributed by atoms with Gasteiger partial charge in [-0.05, 0) is 24.3 Å². The molecular weight excluding hydrogens is 438 g/mol. The fourth-order valence-electron chi connectivity index (χ4n) is 3.34. The van der Waals surface area contributed by atoms with Gasteiger partial charge in [-0.3, -0.25) is 4.79 Å². The van der Waals surface area contributed by atoms with Gasteiger partial charge in [-0.15, -0.1) is 0 Å². The van der Waals surface area contributed by atoms with Crippen LogP contribution < -0.4 is 0 Å². The van der Waals surface area contributed by atoms with E-state index >= 15 is 0 Å². The van der Waals surface area contributed by atoms with Crippen molar-refractivity contribution in [3.05, 3.63) is 34.5 Å². The van der Waals surface area contributed by atoms with Crippen LogP contribution in [0.25, 0.3) is 11.0 Å². The predicted octanol–water partition coefficient (Wildman–Crippen LogP) is 1.53. The summed E-state index contributed by atoms with van der Waals surface area (Å²) in [4.78, 5) is 14.4. The number of ether oxygens (including phenoxy) is 1. The van der Waals surface area contributed by atoms with E-state index in [-0.39, 0.29) is 24.8 Å². The number of carbonyl (C=O) groups is 1. The second-order valence-electron chi connectivity index (χ2n) is 6.50. The summed E-state index contributed by atoms with van der Waals surface area (Å²) in [5.74, 6) is 0.0540. The van der Waals surface area contributed by atoms with Gasteiger partial charge in [0.05, 0.1) is 13.2 Å². The minimum Gasteiger partial charge on any atom is -0.451 e. The van der Waals surface area contributed by atoms with Crippen LogP contribution in [-0.4, -0.2) is 80.3 Å². The van der Waals surface area contributed by atoms with Crippen LogP contribution >= 0.6 is 15.9 Å². The largest absolute Gasteiger partial charge is 0.451 e. The zero-order chi connectivity index (χ0) is 19.0. The Hall–Kier alpha value is -1.46. The van der Waals surface area contributed by atoms with Crippen molar-refractivity contribution in [3.63, 3.8) is 0 Å². The number of piperazine rings is 1. The molecule has 0 saturated carbocycles. The molecule has 0 atom stereocenters. The van der Waals surface area contributed by atoms with Crippen LogP contribution in [0.4, 0.5) is 0 Å². The number of nitrogens with zero attached hydrogens (tertiary/aromatic N) is 3. The fourth-order valence-corrected chi connectivity index (χ4v) is 5.28. The highest BCUT2D eigenvalue weighted by Crippen LogP contribution is 2.24. The van der Waals surface area contributed by atoms with E-state index in [4.69, 9.17) is 9.15 Å². The van der Waals surface area contributed by atoms with Gasteiger partial charge in [0.2, 0.25) is 0 Å². The third-order valence-electron chi connectivity index (χ3n) is 4.84. The molecule has 0 spiro atoms. The number of furan rings is 1. The lowest BCUT2D eigenvalue weighted by Gasteiger charge is -2.37. The number of fused-ring (bicyclic) bond motifs is 1. The monoisotopic (exact) mass is 457 g/mol. The zero-order valence-corrected chi connectivity index (χ0v) is 17.0. The van der Waals surface area contributed by atoms with Gasteiger partial charge in [0, 0.05) is 49.1 Å². The minimum absolute atomic E-state index is 0.217. The molecule has 0 radical (unpaired) electrons. The number of hydrogen-bond acceptors (Lipinski definition) is 5. The molecule has 0 unspecified atom stereocenters. The Bertz CT molecular complexity index is 947. The molecule has 27 heavy (non-hydrogen) atoms. The summed E-state index contributed by atoms with van der Waals surface area (Å²) >= 11 is 3.40. The molecule has 146 valence electrons. The lowest BCUT2D eigenvalue weighted by Crippen LogP contribution is -2.55. The van der Waals surface area contributed by atoms with Crippen LogP contribution in [0.3, 0.4) is 0 Å². The SMILES string of the molecule is O=C(c1cc2cc(Br)ccc2o1)N1CCN(S(=O)(=O)N2CCOCC2)CC1. The molecule has 0 bridgehead atoms. The fraction of sp³-hybridized carbons (Fsp3) is 0.471. The average Bonchev–Trinajstić information content (AvgIpc) is 3.11. The number of hydrogen-bond donors (Lipinski definition) is 0. The average molecular weight is 458 g/mol. The second kappa shape index (κ2) is 7.51. The van der Waals surface area contributed by atoms with Crippen molar-refractivity contribution in [2.45, 2.75) is 0 Å². The van der Waals surface area contributed by atoms with Gasteiger partial charge in [0.25, 0.3) is 16.1 Å². The van der Waals surface area contributed by atoms with E-state index in [9.17, 15) is 13.2 Å². The first-order valence-electron chi connectivity index (χ1n) is 8.76. The van der Waals surface area contributed by atoms with E-state index in [0.29, 0.717) is 45.0 Å². The van der Waals surface area contributed by atoms with E-state index < -0.39 is 10.2 Å². The van der Waals surface area contributed by atoms with Crippen molar-refractivity contribution in [3.8, 4) is 0 Å². The molecule has 3 heterocycles. The molecule has 1 aromatic heterocycles. The highest BCUT2D eigenvalue weighted by Gasteiger charge is 2.34. The van der Waals surface area contributed by atoms with E-state index in [1.807, 2.05) is 18.2 Å². The summed E-state index contributed by atoms with van der Waals surface area (Å²) in [7, 11) is -3.50. The number of benzene rings is 1. The first-order valence-corrected chi connectivity index (χ1v) is 11.0. The molecule has 2 saturated heterocycles. The second-order valence-corrected chi connectivity index (χ2v) is 9.35. The van der Waals surface area contributed by atoms with Gasteiger partial charge < -0.3 is 14.1 Å². The van der Waals surface area contributed by atoms with E-state index in [2.05, 4.69) is 15.9 Å². The molecule has 0 N–H and O–H groups in total. The van der Waals surface area contributed by atoms with Crippen molar-refractivity contribution in [2.75, 3.05) is 52.5 Å². The van der Waals surface area contributed by atoms with Gasteiger partial charge in [0.1, 0.15) is 5.58 Å². The first-order chi connectivity index (χ1) is 12.9. The van der Waals surface area contributed by atoms with Crippen LogP contribution in [0.1, 0.15) is 10.6 Å². The van der Waals surface area contributed by atoms with Crippen LogP contribution in [0.2, 0.25) is 0 Å². The Morgan fingerprint density at radius 3 is 2.33 bits per heavy atom. The Kier molecular flexibility index (Phi) is 5.26. The molecule has 2 aliphatic rings. The van der Waals surface area contributed by atoms with Crippen molar-refractivity contribution < 1.29 is 22.4 Å². The normalized spacial score (nSPS) is 20.3. The highest BCUT2D eigenvalue weighted by molar-refractivity contribution is 9.10. The Morgan fingerprint density at radius 1 is 0.963 bits per heavy atom.